The molecule has 1 aromatic carbocycles. The number of hydrogen-bond donors (Lipinski definition) is 1. The van der Waals surface area contributed by atoms with Crippen LogP contribution in [0.15, 0.2) is 18.2 Å². The van der Waals surface area contributed by atoms with Crippen LogP contribution in [0.3, 0.4) is 0 Å². The summed E-state index contributed by atoms with van der Waals surface area (Å²) < 4.78 is 13.2. The molecule has 0 unspecified atom stereocenters. The predicted octanol–water partition coefficient (Wildman–Crippen LogP) is 1.64. The van der Waals surface area contributed by atoms with E-state index in [0.717, 1.165) is 18.6 Å². The molecule has 1 aliphatic carbocycles. The van der Waals surface area contributed by atoms with Crippen molar-refractivity contribution >= 4 is 11.6 Å². The maximum Gasteiger partial charge on any atom is 0.305 e. The SMILES string of the molecule is NC(=O)C1(c2ccc(F)c([N+](=O)[O-])c2)CCC1. The molecule has 2 rings (SSSR count). The Morgan fingerprint density at radius 1 is 1.47 bits per heavy atom. The highest BCUT2D eigenvalue weighted by Gasteiger charge is 2.45. The molecule has 0 aliphatic heterocycles. The molecule has 2 N–H and O–H groups in total. The van der Waals surface area contributed by atoms with Crippen LogP contribution >= 0.6 is 0 Å². The molecule has 1 amide bonds. The third kappa shape index (κ3) is 1.65. The molecule has 5 nitrogen and oxygen atoms in total. The molecule has 17 heavy (non-hydrogen) atoms. The lowest BCUT2D eigenvalue weighted by molar-refractivity contribution is -0.387. The van der Waals surface area contributed by atoms with Crippen LogP contribution in [-0.2, 0) is 10.2 Å². The van der Waals surface area contributed by atoms with E-state index < -0.39 is 27.8 Å². The second-order valence-electron chi connectivity index (χ2n) is 4.22. The van der Waals surface area contributed by atoms with Crippen LogP contribution in [0.5, 0.6) is 0 Å². The normalized spacial score (nSPS) is 17.2. The first-order chi connectivity index (χ1) is 7.97. The topological polar surface area (TPSA) is 86.2 Å². The Morgan fingerprint density at radius 2 is 2.12 bits per heavy atom. The number of nitro benzene ring substituents is 1. The Bertz CT molecular complexity index is 497. The molecule has 0 radical (unpaired) electrons. The van der Waals surface area contributed by atoms with E-state index in [1.54, 1.807) is 0 Å². The molecule has 0 atom stereocenters. The van der Waals surface area contributed by atoms with E-state index in [2.05, 4.69) is 0 Å². The molecular formula is C11H11FN2O3. The van der Waals surface area contributed by atoms with Crippen molar-refractivity contribution in [2.24, 2.45) is 5.73 Å². The van der Waals surface area contributed by atoms with E-state index in [1.807, 2.05) is 0 Å². The van der Waals surface area contributed by atoms with Crippen molar-refractivity contribution in [3.63, 3.8) is 0 Å². The molecule has 0 saturated heterocycles. The number of primary amides is 1. The van der Waals surface area contributed by atoms with E-state index >= 15 is 0 Å². The third-order valence-electron chi connectivity index (χ3n) is 3.37. The van der Waals surface area contributed by atoms with Gasteiger partial charge >= 0.3 is 5.69 Å². The zero-order valence-corrected chi connectivity index (χ0v) is 8.98. The highest BCUT2D eigenvalue weighted by atomic mass is 19.1. The summed E-state index contributed by atoms with van der Waals surface area (Å²) in [6, 6.07) is 3.52. The fourth-order valence-corrected chi connectivity index (χ4v) is 2.16. The van der Waals surface area contributed by atoms with E-state index in [9.17, 15) is 19.3 Å². The van der Waals surface area contributed by atoms with Crippen molar-refractivity contribution in [3.8, 4) is 0 Å². The van der Waals surface area contributed by atoms with Crippen LogP contribution in [-0.4, -0.2) is 10.8 Å². The minimum absolute atomic E-state index is 0.435. The molecule has 1 aliphatic rings. The van der Waals surface area contributed by atoms with Gasteiger partial charge in [0.15, 0.2) is 0 Å². The standard InChI is InChI=1S/C11H11FN2O3/c12-8-3-2-7(6-9(8)14(16)17)11(10(13)15)4-1-5-11/h2-3,6H,1,4-5H2,(H2,13,15). The Morgan fingerprint density at radius 3 is 2.53 bits per heavy atom. The summed E-state index contributed by atoms with van der Waals surface area (Å²) in [6.45, 7) is 0. The number of amides is 1. The number of rotatable bonds is 3. The smallest absolute Gasteiger partial charge is 0.305 e. The minimum Gasteiger partial charge on any atom is -0.369 e. The van der Waals surface area contributed by atoms with Crippen LogP contribution in [0.4, 0.5) is 10.1 Å². The first kappa shape index (κ1) is 11.5. The van der Waals surface area contributed by atoms with Gasteiger partial charge in [-0.25, -0.2) is 0 Å². The number of benzene rings is 1. The second-order valence-corrected chi connectivity index (χ2v) is 4.22. The largest absolute Gasteiger partial charge is 0.369 e. The van der Waals surface area contributed by atoms with Gasteiger partial charge in [-0.3, -0.25) is 14.9 Å². The molecule has 0 spiro atoms. The van der Waals surface area contributed by atoms with Crippen LogP contribution in [0.1, 0.15) is 24.8 Å². The molecule has 1 aromatic rings. The lowest BCUT2D eigenvalue weighted by atomic mass is 9.64. The number of carbonyl (C=O) groups is 1. The van der Waals surface area contributed by atoms with Gasteiger partial charge in [-0.15, -0.1) is 0 Å². The van der Waals surface area contributed by atoms with Crippen molar-refractivity contribution in [3.05, 3.63) is 39.7 Å². The highest BCUT2D eigenvalue weighted by Crippen LogP contribution is 2.44. The predicted molar refractivity (Wildman–Crippen MR) is 57.8 cm³/mol. The highest BCUT2D eigenvalue weighted by molar-refractivity contribution is 5.88. The van der Waals surface area contributed by atoms with Gasteiger partial charge in [0.1, 0.15) is 0 Å². The molecule has 0 heterocycles. The van der Waals surface area contributed by atoms with Crippen molar-refractivity contribution in [1.82, 2.24) is 0 Å². The third-order valence-corrected chi connectivity index (χ3v) is 3.37. The van der Waals surface area contributed by atoms with Crippen LogP contribution in [0.25, 0.3) is 0 Å². The van der Waals surface area contributed by atoms with Crippen molar-refractivity contribution in [2.45, 2.75) is 24.7 Å². The second kappa shape index (κ2) is 3.80. The van der Waals surface area contributed by atoms with Gasteiger partial charge in [0.2, 0.25) is 11.7 Å². The fourth-order valence-electron chi connectivity index (χ4n) is 2.16. The van der Waals surface area contributed by atoms with E-state index in [0.29, 0.717) is 18.4 Å². The lowest BCUT2D eigenvalue weighted by Crippen LogP contribution is -2.46. The van der Waals surface area contributed by atoms with Crippen LogP contribution in [0, 0.1) is 15.9 Å². The summed E-state index contributed by atoms with van der Waals surface area (Å²) in [5.41, 5.74) is 4.30. The van der Waals surface area contributed by atoms with E-state index in [-0.39, 0.29) is 0 Å². The van der Waals surface area contributed by atoms with Crippen molar-refractivity contribution in [1.29, 1.82) is 0 Å². The number of hydrogen-bond acceptors (Lipinski definition) is 3. The maximum atomic E-state index is 13.2. The number of carbonyl (C=O) groups excluding carboxylic acids is 1. The monoisotopic (exact) mass is 238 g/mol. The van der Waals surface area contributed by atoms with Gasteiger partial charge in [0, 0.05) is 6.07 Å². The molecule has 1 fully saturated rings. The average Bonchev–Trinajstić information content (AvgIpc) is 2.17. The summed E-state index contributed by atoms with van der Waals surface area (Å²) in [7, 11) is 0. The fraction of sp³-hybridized carbons (Fsp3) is 0.364. The zero-order chi connectivity index (χ0) is 12.6. The molecule has 0 bridgehead atoms. The van der Waals surface area contributed by atoms with Gasteiger partial charge in [-0.2, -0.15) is 4.39 Å². The van der Waals surface area contributed by atoms with Gasteiger partial charge in [0.05, 0.1) is 10.3 Å². The molecular weight excluding hydrogens is 227 g/mol. The number of nitrogens with zero attached hydrogens (tertiary/aromatic N) is 1. The average molecular weight is 238 g/mol. The van der Waals surface area contributed by atoms with Crippen molar-refractivity contribution in [2.75, 3.05) is 0 Å². The van der Waals surface area contributed by atoms with Gasteiger partial charge in [-0.1, -0.05) is 12.5 Å². The van der Waals surface area contributed by atoms with Gasteiger partial charge in [-0.05, 0) is 24.5 Å². The van der Waals surface area contributed by atoms with Gasteiger partial charge in [0.25, 0.3) is 0 Å². The Balaban J connectivity index is 2.49. The van der Waals surface area contributed by atoms with Gasteiger partial charge < -0.3 is 5.73 Å². The first-order valence-corrected chi connectivity index (χ1v) is 5.22. The molecule has 6 heteroatoms. The summed E-state index contributed by atoms with van der Waals surface area (Å²) in [6.07, 6.45) is 1.96. The number of nitrogens with two attached hydrogens (primary N) is 1. The zero-order valence-electron chi connectivity index (χ0n) is 8.98. The minimum atomic E-state index is -0.905. The van der Waals surface area contributed by atoms with E-state index in [1.165, 1.54) is 6.07 Å². The van der Waals surface area contributed by atoms with Crippen LogP contribution in [0.2, 0.25) is 0 Å². The maximum absolute atomic E-state index is 13.2. The Hall–Kier alpha value is -1.98. The number of nitro groups is 1. The Kier molecular flexibility index (Phi) is 2.57. The number of halogens is 1. The quantitative estimate of drug-likeness (QED) is 0.641. The summed E-state index contributed by atoms with van der Waals surface area (Å²) in [5, 5.41) is 10.6. The molecule has 0 aromatic heterocycles. The summed E-state index contributed by atoms with van der Waals surface area (Å²) in [5.74, 6) is -1.41. The first-order valence-electron chi connectivity index (χ1n) is 5.22. The van der Waals surface area contributed by atoms with Crippen LogP contribution < -0.4 is 5.73 Å². The summed E-state index contributed by atoms with van der Waals surface area (Å²) >= 11 is 0. The Labute approximate surface area is 96.6 Å². The molecule has 90 valence electrons. The molecule has 1 saturated carbocycles. The van der Waals surface area contributed by atoms with E-state index in [4.69, 9.17) is 5.73 Å². The lowest BCUT2D eigenvalue weighted by Gasteiger charge is -2.39. The van der Waals surface area contributed by atoms with Crippen molar-refractivity contribution < 1.29 is 14.1 Å². The summed E-state index contributed by atoms with van der Waals surface area (Å²) in [4.78, 5) is 21.3.